The van der Waals surface area contributed by atoms with Gasteiger partial charge in [-0.15, -0.1) is 0 Å². The van der Waals surface area contributed by atoms with E-state index in [0.717, 1.165) is 0 Å². The monoisotopic (exact) mass is 384 g/mol. The lowest BCUT2D eigenvalue weighted by molar-refractivity contribution is -0.130. The molecular weight excluding hydrogens is 376 g/mol. The summed E-state index contributed by atoms with van der Waals surface area (Å²) < 4.78 is 6.25. The third kappa shape index (κ3) is 2.53. The van der Waals surface area contributed by atoms with E-state index in [-0.39, 0.29) is 5.75 Å². The Morgan fingerprint density at radius 1 is 1.21 bits per heavy atom. The average molecular weight is 386 g/mol. The zero-order chi connectivity index (χ0) is 14.2. The molecule has 0 unspecified atom stereocenters. The van der Waals surface area contributed by atoms with Crippen LogP contribution in [0, 0.1) is 0 Å². The molecule has 0 aliphatic rings. The molecule has 0 fully saturated rings. The van der Waals surface area contributed by atoms with E-state index in [2.05, 4.69) is 38.4 Å². The Bertz CT molecular complexity index is 693. The van der Waals surface area contributed by atoms with Crippen LogP contribution in [0.5, 0.6) is 11.5 Å². The largest absolute Gasteiger partial charge is 0.506 e. The van der Waals surface area contributed by atoms with Gasteiger partial charge in [-0.3, -0.25) is 0 Å². The summed E-state index contributed by atoms with van der Waals surface area (Å²) in [5.41, 5.74) is 0.306. The quantitative estimate of drug-likeness (QED) is 0.468. The molecule has 0 spiro atoms. The lowest BCUT2D eigenvalue weighted by atomic mass is 10.1. The summed E-state index contributed by atoms with van der Waals surface area (Å²) in [5, 5.41) is 11.3. The first-order valence-corrected chi connectivity index (χ1v) is 6.98. The predicted molar refractivity (Wildman–Crippen MR) is 81.5 cm³/mol. The van der Waals surface area contributed by atoms with Crippen molar-refractivity contribution in [2.75, 3.05) is 0 Å². The molecule has 2 aromatic carbocycles. The molecule has 19 heavy (non-hydrogen) atoms. The fraction of sp³-hybridized carbons (Fsp3) is 0.0714. The fourth-order valence-corrected chi connectivity index (χ4v) is 2.48. The van der Waals surface area contributed by atoms with Crippen molar-refractivity contribution in [2.24, 2.45) is 0 Å². The molecule has 0 amide bonds. The first kappa shape index (κ1) is 14.1. The third-order valence-electron chi connectivity index (χ3n) is 2.57. The third-order valence-corrected chi connectivity index (χ3v) is 4.63. The molecule has 0 aliphatic carbocycles. The molecule has 5 heteroatoms. The average Bonchev–Trinajstić information content (AvgIpc) is 2.40. The van der Waals surface area contributed by atoms with E-state index in [1.54, 1.807) is 31.2 Å². The molecule has 0 aromatic heterocycles. The van der Waals surface area contributed by atoms with E-state index in [1.807, 2.05) is 0 Å². The standard InChI is InChI=1S/C14H10Br2O3/c1-7(2)14(18)19-13-9-6-4-3-5-8(9)12(17)10(15)11(13)16/h3-6,17H,1H2,2H3. The van der Waals surface area contributed by atoms with E-state index in [9.17, 15) is 9.90 Å². The smallest absolute Gasteiger partial charge is 0.338 e. The minimum Gasteiger partial charge on any atom is -0.506 e. The van der Waals surface area contributed by atoms with Crippen LogP contribution in [0.25, 0.3) is 10.8 Å². The number of carbonyl (C=O) groups excluding carboxylic acids is 1. The number of hydrogen-bond acceptors (Lipinski definition) is 3. The van der Waals surface area contributed by atoms with Gasteiger partial charge in [-0.2, -0.15) is 0 Å². The summed E-state index contributed by atoms with van der Waals surface area (Å²) in [4.78, 5) is 11.7. The van der Waals surface area contributed by atoms with Crippen molar-refractivity contribution >= 4 is 48.6 Å². The first-order chi connectivity index (χ1) is 8.93. The molecule has 2 aromatic rings. The van der Waals surface area contributed by atoms with Crippen molar-refractivity contribution in [1.29, 1.82) is 0 Å². The highest BCUT2D eigenvalue weighted by atomic mass is 79.9. The van der Waals surface area contributed by atoms with Gasteiger partial charge in [0.15, 0.2) is 5.75 Å². The van der Waals surface area contributed by atoms with Gasteiger partial charge in [-0.05, 0) is 38.8 Å². The summed E-state index contributed by atoms with van der Waals surface area (Å²) in [6, 6.07) is 7.13. The van der Waals surface area contributed by atoms with Crippen molar-refractivity contribution in [3.8, 4) is 11.5 Å². The van der Waals surface area contributed by atoms with Crippen LogP contribution in [0.15, 0.2) is 45.4 Å². The topological polar surface area (TPSA) is 46.5 Å². The maximum Gasteiger partial charge on any atom is 0.338 e. The Morgan fingerprint density at radius 3 is 2.37 bits per heavy atom. The highest BCUT2D eigenvalue weighted by Crippen LogP contribution is 2.46. The first-order valence-electron chi connectivity index (χ1n) is 5.39. The van der Waals surface area contributed by atoms with Gasteiger partial charge < -0.3 is 9.84 Å². The summed E-state index contributed by atoms with van der Waals surface area (Å²) in [7, 11) is 0. The number of phenolic OH excluding ortho intramolecular Hbond substituents is 1. The van der Waals surface area contributed by atoms with Crippen LogP contribution < -0.4 is 4.74 Å². The molecule has 0 bridgehead atoms. The van der Waals surface area contributed by atoms with Crippen molar-refractivity contribution in [3.63, 3.8) is 0 Å². The molecule has 0 saturated carbocycles. The Balaban J connectivity index is 2.72. The van der Waals surface area contributed by atoms with Crippen molar-refractivity contribution in [3.05, 3.63) is 45.4 Å². The Hall–Kier alpha value is -1.33. The van der Waals surface area contributed by atoms with Crippen molar-refractivity contribution in [1.82, 2.24) is 0 Å². The van der Waals surface area contributed by atoms with Crippen LogP contribution in [0.4, 0.5) is 0 Å². The number of phenols is 1. The molecule has 2 rings (SSSR count). The lowest BCUT2D eigenvalue weighted by Gasteiger charge is -2.13. The molecule has 3 nitrogen and oxygen atoms in total. The Labute approximate surface area is 127 Å². The maximum absolute atomic E-state index is 11.7. The van der Waals surface area contributed by atoms with Gasteiger partial charge in [-0.25, -0.2) is 4.79 Å². The number of hydrogen-bond donors (Lipinski definition) is 1. The molecule has 0 heterocycles. The van der Waals surface area contributed by atoms with Crippen LogP contribution in [0.2, 0.25) is 0 Å². The molecule has 1 N–H and O–H groups in total. The molecule has 0 radical (unpaired) electrons. The minimum absolute atomic E-state index is 0.0950. The molecule has 0 saturated heterocycles. The van der Waals surface area contributed by atoms with E-state index in [1.165, 1.54) is 0 Å². The predicted octanol–water partition coefficient (Wildman–Crippen LogP) is 4.55. The van der Waals surface area contributed by atoms with Gasteiger partial charge >= 0.3 is 5.97 Å². The van der Waals surface area contributed by atoms with Gasteiger partial charge in [0.05, 0.1) is 8.95 Å². The maximum atomic E-state index is 11.7. The zero-order valence-corrected chi connectivity index (χ0v) is 13.2. The Kier molecular flexibility index (Phi) is 3.96. The summed E-state index contributed by atoms with van der Waals surface area (Å²) >= 11 is 6.58. The number of fused-ring (bicyclic) bond motifs is 1. The number of carbonyl (C=O) groups is 1. The van der Waals surface area contributed by atoms with Crippen LogP contribution in [0.1, 0.15) is 6.92 Å². The van der Waals surface area contributed by atoms with Gasteiger partial charge in [0.2, 0.25) is 0 Å². The highest BCUT2D eigenvalue weighted by molar-refractivity contribution is 9.13. The van der Waals surface area contributed by atoms with E-state index in [4.69, 9.17) is 4.74 Å². The molecule has 0 aliphatic heterocycles. The van der Waals surface area contributed by atoms with Crippen LogP contribution >= 0.6 is 31.9 Å². The summed E-state index contributed by atoms with van der Waals surface area (Å²) in [6.07, 6.45) is 0. The van der Waals surface area contributed by atoms with Gasteiger partial charge in [0, 0.05) is 16.3 Å². The van der Waals surface area contributed by atoms with Gasteiger partial charge in [0.25, 0.3) is 0 Å². The lowest BCUT2D eigenvalue weighted by Crippen LogP contribution is -2.09. The second kappa shape index (κ2) is 5.35. The van der Waals surface area contributed by atoms with E-state index >= 15 is 0 Å². The van der Waals surface area contributed by atoms with E-state index in [0.29, 0.717) is 31.0 Å². The number of esters is 1. The number of rotatable bonds is 2. The number of benzene rings is 2. The fourth-order valence-electron chi connectivity index (χ4n) is 1.61. The zero-order valence-electron chi connectivity index (χ0n) is 10.0. The normalized spacial score (nSPS) is 10.5. The van der Waals surface area contributed by atoms with Gasteiger partial charge in [-0.1, -0.05) is 30.8 Å². The molecular formula is C14H10Br2O3. The second-order valence-electron chi connectivity index (χ2n) is 4.02. The SMILES string of the molecule is C=C(C)C(=O)Oc1c(Br)c(Br)c(O)c2ccccc12. The van der Waals surface area contributed by atoms with Crippen LogP contribution in [0.3, 0.4) is 0 Å². The highest BCUT2D eigenvalue weighted by Gasteiger charge is 2.19. The molecule has 98 valence electrons. The second-order valence-corrected chi connectivity index (χ2v) is 5.61. The summed E-state index contributed by atoms with van der Waals surface area (Å²) in [5.74, 6) is -0.0608. The number of ether oxygens (including phenoxy) is 1. The minimum atomic E-state index is -0.511. The van der Waals surface area contributed by atoms with Gasteiger partial charge in [0.1, 0.15) is 5.75 Å². The van der Waals surface area contributed by atoms with Crippen molar-refractivity contribution in [2.45, 2.75) is 6.92 Å². The number of aromatic hydroxyl groups is 1. The van der Waals surface area contributed by atoms with Crippen LogP contribution in [-0.4, -0.2) is 11.1 Å². The Morgan fingerprint density at radius 2 is 1.79 bits per heavy atom. The molecule has 0 atom stereocenters. The van der Waals surface area contributed by atoms with E-state index < -0.39 is 5.97 Å². The van der Waals surface area contributed by atoms with Crippen molar-refractivity contribution < 1.29 is 14.6 Å². The summed E-state index contributed by atoms with van der Waals surface area (Å²) in [6.45, 7) is 5.13. The van der Waals surface area contributed by atoms with Crippen LogP contribution in [-0.2, 0) is 4.79 Å². The number of halogens is 2.